The first-order chi connectivity index (χ1) is 7.42. The molecule has 0 N–H and O–H groups in total. The zero-order valence-corrected chi connectivity index (χ0v) is 8.47. The molecular weight excluding hydrogens is 188 g/mol. The molecule has 2 aromatic rings. The van der Waals surface area contributed by atoms with E-state index in [1.807, 2.05) is 37.3 Å². The summed E-state index contributed by atoms with van der Waals surface area (Å²) in [4.78, 5) is 7.85. The van der Waals surface area contributed by atoms with Crippen molar-refractivity contribution in [2.24, 2.45) is 0 Å². The fourth-order valence-corrected chi connectivity index (χ4v) is 1.37. The van der Waals surface area contributed by atoms with Crippen molar-refractivity contribution in [3.05, 3.63) is 42.9 Å². The van der Waals surface area contributed by atoms with Gasteiger partial charge in [0.2, 0.25) is 0 Å². The number of ether oxygens (including phenoxy) is 1. The Balaban J connectivity index is 2.43. The van der Waals surface area contributed by atoms with Gasteiger partial charge < -0.3 is 4.74 Å². The highest BCUT2D eigenvalue weighted by atomic mass is 16.5. The predicted molar refractivity (Wildman–Crippen MR) is 57.5 cm³/mol. The van der Waals surface area contributed by atoms with Crippen LogP contribution in [-0.4, -0.2) is 16.6 Å². The average molecular weight is 199 g/mol. The van der Waals surface area contributed by atoms with Gasteiger partial charge in [-0.2, -0.15) is 0 Å². The van der Waals surface area contributed by atoms with Crippen LogP contribution in [0.2, 0.25) is 0 Å². The van der Waals surface area contributed by atoms with Gasteiger partial charge in [-0.25, -0.2) is 9.97 Å². The molecule has 3 nitrogen and oxygen atoms in total. The molecule has 15 heavy (non-hydrogen) atoms. The smallest absolute Gasteiger partial charge is 0.198 e. The fraction of sp³-hybridized carbons (Fsp3) is 0.167. The lowest BCUT2D eigenvalue weighted by Crippen LogP contribution is -1.94. The van der Waals surface area contributed by atoms with Crippen LogP contribution in [0.25, 0.3) is 11.3 Å². The minimum Gasteiger partial charge on any atom is -0.493 e. The van der Waals surface area contributed by atoms with E-state index >= 15 is 0 Å². The molecule has 0 aliphatic carbocycles. The van der Waals surface area contributed by atoms with Gasteiger partial charge >= 0.3 is 0 Å². The third-order valence-electron chi connectivity index (χ3n) is 2.00. The van der Waals surface area contributed by atoms with E-state index in [0.717, 1.165) is 17.0 Å². The lowest BCUT2D eigenvalue weighted by Gasteiger charge is -2.08. The first kappa shape index (κ1) is 9.65. The van der Waals surface area contributed by atoms with E-state index in [1.165, 1.54) is 0 Å². The van der Waals surface area contributed by atoms with Crippen molar-refractivity contribution in [2.45, 2.75) is 6.92 Å². The Bertz CT molecular complexity index is 429. The second kappa shape index (κ2) is 4.55. The molecular formula is C12H11N2O. The quantitative estimate of drug-likeness (QED) is 0.761. The number of hydrogen-bond acceptors (Lipinski definition) is 3. The van der Waals surface area contributed by atoms with Gasteiger partial charge in [-0.3, -0.25) is 0 Å². The van der Waals surface area contributed by atoms with Gasteiger partial charge in [-0.05, 0) is 25.1 Å². The lowest BCUT2D eigenvalue weighted by molar-refractivity contribution is 0.341. The first-order valence-corrected chi connectivity index (χ1v) is 4.83. The SMILES string of the molecule is CCOc1ccccc1-c1ccn[c]n1. The summed E-state index contributed by atoms with van der Waals surface area (Å²) in [5.74, 6) is 0.840. The van der Waals surface area contributed by atoms with Crippen molar-refractivity contribution in [3.63, 3.8) is 0 Å². The highest BCUT2D eigenvalue weighted by Crippen LogP contribution is 2.27. The van der Waals surface area contributed by atoms with E-state index < -0.39 is 0 Å². The molecule has 0 fully saturated rings. The van der Waals surface area contributed by atoms with Crippen LogP contribution in [0.15, 0.2) is 36.5 Å². The van der Waals surface area contributed by atoms with Crippen LogP contribution in [0.1, 0.15) is 6.92 Å². The summed E-state index contributed by atoms with van der Waals surface area (Å²) in [6.07, 6.45) is 4.24. The monoisotopic (exact) mass is 199 g/mol. The second-order valence-corrected chi connectivity index (χ2v) is 2.97. The van der Waals surface area contributed by atoms with Crippen molar-refractivity contribution in [1.29, 1.82) is 0 Å². The van der Waals surface area contributed by atoms with E-state index in [4.69, 9.17) is 4.74 Å². The van der Waals surface area contributed by atoms with Gasteiger partial charge in [0.15, 0.2) is 6.33 Å². The van der Waals surface area contributed by atoms with E-state index in [1.54, 1.807) is 6.20 Å². The van der Waals surface area contributed by atoms with Crippen LogP contribution in [0.3, 0.4) is 0 Å². The van der Waals surface area contributed by atoms with Crippen LogP contribution in [0.5, 0.6) is 5.75 Å². The highest BCUT2D eigenvalue weighted by Gasteiger charge is 2.05. The molecule has 0 saturated carbocycles. The Morgan fingerprint density at radius 2 is 2.13 bits per heavy atom. The van der Waals surface area contributed by atoms with E-state index in [9.17, 15) is 0 Å². The summed E-state index contributed by atoms with van der Waals surface area (Å²) < 4.78 is 5.52. The van der Waals surface area contributed by atoms with Crippen LogP contribution < -0.4 is 4.74 Å². The molecule has 2 rings (SSSR count). The zero-order valence-electron chi connectivity index (χ0n) is 8.47. The molecule has 3 heteroatoms. The molecule has 75 valence electrons. The molecule has 0 spiro atoms. The van der Waals surface area contributed by atoms with E-state index in [2.05, 4.69) is 16.3 Å². The van der Waals surface area contributed by atoms with Gasteiger partial charge in [-0.15, -0.1) is 0 Å². The molecule has 1 aromatic heterocycles. The van der Waals surface area contributed by atoms with Crippen molar-refractivity contribution < 1.29 is 4.74 Å². The third kappa shape index (κ3) is 2.13. The Morgan fingerprint density at radius 1 is 1.27 bits per heavy atom. The normalized spacial score (nSPS) is 9.93. The minimum absolute atomic E-state index is 0.645. The number of benzene rings is 1. The number of rotatable bonds is 3. The summed E-state index contributed by atoms with van der Waals surface area (Å²) >= 11 is 0. The maximum atomic E-state index is 5.52. The minimum atomic E-state index is 0.645. The Hall–Kier alpha value is -1.90. The summed E-state index contributed by atoms with van der Waals surface area (Å²) in [6.45, 7) is 2.61. The molecule has 0 saturated heterocycles. The number of nitrogens with zero attached hydrogens (tertiary/aromatic N) is 2. The molecule has 0 unspecified atom stereocenters. The maximum absolute atomic E-state index is 5.52. The predicted octanol–water partition coefficient (Wildman–Crippen LogP) is 2.34. The number of hydrogen-bond donors (Lipinski definition) is 0. The van der Waals surface area contributed by atoms with Gasteiger partial charge in [0, 0.05) is 11.8 Å². The Morgan fingerprint density at radius 3 is 2.87 bits per heavy atom. The molecule has 0 bridgehead atoms. The molecule has 0 aliphatic rings. The van der Waals surface area contributed by atoms with Crippen molar-refractivity contribution in [3.8, 4) is 17.0 Å². The van der Waals surface area contributed by atoms with Crippen LogP contribution in [-0.2, 0) is 0 Å². The second-order valence-electron chi connectivity index (χ2n) is 2.97. The van der Waals surface area contributed by atoms with Crippen molar-refractivity contribution >= 4 is 0 Å². The van der Waals surface area contributed by atoms with Crippen LogP contribution in [0.4, 0.5) is 0 Å². The number of aromatic nitrogens is 2. The maximum Gasteiger partial charge on any atom is 0.198 e. The van der Waals surface area contributed by atoms with Crippen LogP contribution >= 0.6 is 0 Å². The van der Waals surface area contributed by atoms with Gasteiger partial charge in [0.25, 0.3) is 0 Å². The van der Waals surface area contributed by atoms with Gasteiger partial charge in [0.1, 0.15) is 5.75 Å². The molecule has 1 radical (unpaired) electrons. The van der Waals surface area contributed by atoms with Gasteiger partial charge in [0.05, 0.1) is 12.3 Å². The molecule has 1 aromatic carbocycles. The largest absolute Gasteiger partial charge is 0.493 e. The van der Waals surface area contributed by atoms with Crippen LogP contribution in [0, 0.1) is 6.33 Å². The standard InChI is InChI=1S/C12H11N2O/c1-2-15-12-6-4-3-5-10(12)11-7-8-13-9-14-11/h3-8H,2H2,1H3. The zero-order chi connectivity index (χ0) is 10.5. The van der Waals surface area contributed by atoms with Crippen molar-refractivity contribution in [2.75, 3.05) is 6.61 Å². The Kier molecular flexibility index (Phi) is 2.93. The molecule has 0 atom stereocenters. The highest BCUT2D eigenvalue weighted by molar-refractivity contribution is 5.66. The third-order valence-corrected chi connectivity index (χ3v) is 2.00. The molecule has 0 amide bonds. The Labute approximate surface area is 88.8 Å². The summed E-state index contributed by atoms with van der Waals surface area (Å²) in [7, 11) is 0. The number of para-hydroxylation sites is 1. The summed E-state index contributed by atoms with van der Waals surface area (Å²) in [6, 6.07) is 9.65. The fourth-order valence-electron chi connectivity index (χ4n) is 1.37. The summed E-state index contributed by atoms with van der Waals surface area (Å²) in [5, 5.41) is 0. The molecule has 1 heterocycles. The van der Waals surface area contributed by atoms with Gasteiger partial charge in [-0.1, -0.05) is 12.1 Å². The van der Waals surface area contributed by atoms with E-state index in [0.29, 0.717) is 6.61 Å². The molecule has 0 aliphatic heterocycles. The average Bonchev–Trinajstić information content (AvgIpc) is 2.31. The van der Waals surface area contributed by atoms with Crippen molar-refractivity contribution in [1.82, 2.24) is 9.97 Å². The van der Waals surface area contributed by atoms with E-state index in [-0.39, 0.29) is 0 Å². The topological polar surface area (TPSA) is 35.0 Å². The first-order valence-electron chi connectivity index (χ1n) is 4.83. The summed E-state index contributed by atoms with van der Waals surface area (Å²) in [5.41, 5.74) is 1.80. The lowest BCUT2D eigenvalue weighted by atomic mass is 10.1.